The summed E-state index contributed by atoms with van der Waals surface area (Å²) in [5.74, 6) is -0.220. The molecule has 0 saturated heterocycles. The van der Waals surface area contributed by atoms with E-state index in [4.69, 9.17) is 11.6 Å². The fraction of sp³-hybridized carbons (Fsp3) is 0.0769. The van der Waals surface area contributed by atoms with Gasteiger partial charge in [0.05, 0.1) is 0 Å². The summed E-state index contributed by atoms with van der Waals surface area (Å²) in [4.78, 5) is 0. The Morgan fingerprint density at radius 2 is 1.87 bits per heavy atom. The maximum atomic E-state index is 13.5. The van der Waals surface area contributed by atoms with Crippen LogP contribution in [0.15, 0.2) is 42.5 Å². The Bertz CT molecular complexity index is 492. The molecular formula is C13H10ClF. The van der Waals surface area contributed by atoms with Crippen molar-refractivity contribution in [1.82, 2.24) is 0 Å². The van der Waals surface area contributed by atoms with Gasteiger partial charge in [-0.2, -0.15) is 0 Å². The summed E-state index contributed by atoms with van der Waals surface area (Å²) in [5.41, 5.74) is 2.44. The molecule has 15 heavy (non-hydrogen) atoms. The third-order valence-corrected chi connectivity index (χ3v) is 2.49. The first kappa shape index (κ1) is 10.2. The van der Waals surface area contributed by atoms with Gasteiger partial charge in [0.1, 0.15) is 5.82 Å². The molecule has 0 nitrogen and oxygen atoms in total. The van der Waals surface area contributed by atoms with Crippen LogP contribution in [0.1, 0.15) is 5.56 Å². The van der Waals surface area contributed by atoms with Gasteiger partial charge in [-0.15, -0.1) is 0 Å². The van der Waals surface area contributed by atoms with Crippen molar-refractivity contribution in [2.75, 3.05) is 0 Å². The number of hydrogen-bond acceptors (Lipinski definition) is 0. The molecule has 0 bridgehead atoms. The van der Waals surface area contributed by atoms with Crippen LogP contribution >= 0.6 is 11.6 Å². The van der Waals surface area contributed by atoms with Gasteiger partial charge in [-0.1, -0.05) is 35.4 Å². The number of halogens is 2. The lowest BCUT2D eigenvalue weighted by Crippen LogP contribution is -1.85. The lowest BCUT2D eigenvalue weighted by molar-refractivity contribution is 0.631. The maximum Gasteiger partial charge on any atom is 0.131 e. The van der Waals surface area contributed by atoms with Gasteiger partial charge in [-0.3, -0.25) is 0 Å². The molecular weight excluding hydrogens is 211 g/mol. The van der Waals surface area contributed by atoms with Crippen LogP contribution < -0.4 is 0 Å². The Kier molecular flexibility index (Phi) is 2.74. The summed E-state index contributed by atoms with van der Waals surface area (Å²) in [5, 5.41) is 0.619. The maximum absolute atomic E-state index is 13.5. The van der Waals surface area contributed by atoms with Crippen LogP contribution in [-0.2, 0) is 0 Å². The van der Waals surface area contributed by atoms with E-state index in [2.05, 4.69) is 0 Å². The first-order valence-corrected chi connectivity index (χ1v) is 5.07. The van der Waals surface area contributed by atoms with Crippen LogP contribution in [0, 0.1) is 12.7 Å². The number of rotatable bonds is 1. The van der Waals surface area contributed by atoms with E-state index in [1.165, 1.54) is 6.07 Å². The quantitative estimate of drug-likeness (QED) is 0.666. The van der Waals surface area contributed by atoms with Crippen LogP contribution in [0.2, 0.25) is 5.02 Å². The van der Waals surface area contributed by atoms with Crippen molar-refractivity contribution in [3.63, 3.8) is 0 Å². The van der Waals surface area contributed by atoms with E-state index in [0.29, 0.717) is 10.6 Å². The Labute approximate surface area is 93.3 Å². The minimum Gasteiger partial charge on any atom is -0.206 e. The molecule has 0 spiro atoms. The van der Waals surface area contributed by atoms with Crippen molar-refractivity contribution >= 4 is 11.6 Å². The zero-order valence-electron chi connectivity index (χ0n) is 8.30. The van der Waals surface area contributed by atoms with Gasteiger partial charge in [0.2, 0.25) is 0 Å². The highest BCUT2D eigenvalue weighted by Crippen LogP contribution is 2.25. The Hall–Kier alpha value is -1.34. The number of hydrogen-bond donors (Lipinski definition) is 0. The molecule has 0 heterocycles. The molecule has 0 saturated carbocycles. The smallest absolute Gasteiger partial charge is 0.131 e. The number of aryl methyl sites for hydroxylation is 1. The van der Waals surface area contributed by atoms with E-state index in [9.17, 15) is 4.39 Å². The molecule has 2 heteroatoms. The largest absolute Gasteiger partial charge is 0.206 e. The third-order valence-electron chi connectivity index (χ3n) is 2.26. The summed E-state index contributed by atoms with van der Waals surface area (Å²) in [7, 11) is 0. The van der Waals surface area contributed by atoms with Crippen LogP contribution in [0.4, 0.5) is 4.39 Å². The van der Waals surface area contributed by atoms with Gasteiger partial charge in [0.25, 0.3) is 0 Å². The number of benzene rings is 2. The van der Waals surface area contributed by atoms with E-state index in [-0.39, 0.29) is 5.82 Å². The summed E-state index contributed by atoms with van der Waals surface area (Å²) in [6.45, 7) is 1.94. The van der Waals surface area contributed by atoms with Crippen molar-refractivity contribution in [1.29, 1.82) is 0 Å². The van der Waals surface area contributed by atoms with Crippen molar-refractivity contribution < 1.29 is 4.39 Å². The normalized spacial score (nSPS) is 10.3. The molecule has 0 amide bonds. The molecule has 0 atom stereocenters. The second kappa shape index (κ2) is 4.03. The predicted molar refractivity (Wildman–Crippen MR) is 61.6 cm³/mol. The van der Waals surface area contributed by atoms with Gasteiger partial charge in [0, 0.05) is 10.6 Å². The topological polar surface area (TPSA) is 0 Å². The molecule has 0 aliphatic carbocycles. The highest BCUT2D eigenvalue weighted by Gasteiger charge is 2.05. The standard InChI is InChI=1S/C13H10ClF/c1-9-5-6-13(15)12(7-9)10-3-2-4-11(14)8-10/h2-8H,1H3. The molecule has 0 radical (unpaired) electrons. The fourth-order valence-corrected chi connectivity index (χ4v) is 1.71. The minimum absolute atomic E-state index is 0.220. The van der Waals surface area contributed by atoms with Gasteiger partial charge >= 0.3 is 0 Å². The van der Waals surface area contributed by atoms with Crippen molar-refractivity contribution in [2.45, 2.75) is 6.92 Å². The zero-order chi connectivity index (χ0) is 10.8. The summed E-state index contributed by atoms with van der Waals surface area (Å²) < 4.78 is 13.5. The molecule has 0 N–H and O–H groups in total. The van der Waals surface area contributed by atoms with E-state index < -0.39 is 0 Å². The lowest BCUT2D eigenvalue weighted by Gasteiger charge is -2.05. The van der Waals surface area contributed by atoms with Gasteiger partial charge in [-0.25, -0.2) is 4.39 Å². The van der Waals surface area contributed by atoms with E-state index in [1.807, 2.05) is 25.1 Å². The molecule has 0 aliphatic heterocycles. The second-order valence-corrected chi connectivity index (χ2v) is 3.93. The Morgan fingerprint density at radius 3 is 2.60 bits per heavy atom. The molecule has 0 fully saturated rings. The molecule has 0 aromatic heterocycles. The van der Waals surface area contributed by atoms with Gasteiger partial charge in [0.15, 0.2) is 0 Å². The first-order chi connectivity index (χ1) is 7.16. The van der Waals surface area contributed by atoms with Crippen molar-refractivity contribution in [2.24, 2.45) is 0 Å². The molecule has 0 aliphatic rings. The molecule has 76 valence electrons. The summed E-state index contributed by atoms with van der Waals surface area (Å²) in [6.07, 6.45) is 0. The zero-order valence-corrected chi connectivity index (χ0v) is 9.05. The minimum atomic E-state index is -0.220. The summed E-state index contributed by atoms with van der Waals surface area (Å²) in [6, 6.07) is 12.3. The lowest BCUT2D eigenvalue weighted by atomic mass is 10.0. The molecule has 2 rings (SSSR count). The van der Waals surface area contributed by atoms with E-state index >= 15 is 0 Å². The van der Waals surface area contributed by atoms with Crippen LogP contribution in [-0.4, -0.2) is 0 Å². The van der Waals surface area contributed by atoms with Gasteiger partial charge < -0.3 is 0 Å². The van der Waals surface area contributed by atoms with E-state index in [1.54, 1.807) is 18.2 Å². The summed E-state index contributed by atoms with van der Waals surface area (Å²) >= 11 is 5.86. The van der Waals surface area contributed by atoms with Crippen LogP contribution in [0.3, 0.4) is 0 Å². The Morgan fingerprint density at radius 1 is 1.07 bits per heavy atom. The monoisotopic (exact) mass is 220 g/mol. The van der Waals surface area contributed by atoms with Crippen LogP contribution in [0.25, 0.3) is 11.1 Å². The van der Waals surface area contributed by atoms with Crippen molar-refractivity contribution in [3.05, 3.63) is 58.9 Å². The second-order valence-electron chi connectivity index (χ2n) is 3.49. The fourth-order valence-electron chi connectivity index (χ4n) is 1.52. The van der Waals surface area contributed by atoms with E-state index in [0.717, 1.165) is 11.1 Å². The average molecular weight is 221 g/mol. The van der Waals surface area contributed by atoms with Gasteiger partial charge in [-0.05, 0) is 36.8 Å². The van der Waals surface area contributed by atoms with Crippen LogP contribution in [0.5, 0.6) is 0 Å². The SMILES string of the molecule is Cc1ccc(F)c(-c2cccc(Cl)c2)c1. The predicted octanol–water partition coefficient (Wildman–Crippen LogP) is 4.45. The highest BCUT2D eigenvalue weighted by molar-refractivity contribution is 6.30. The third kappa shape index (κ3) is 2.18. The first-order valence-electron chi connectivity index (χ1n) is 4.69. The van der Waals surface area contributed by atoms with Crippen molar-refractivity contribution in [3.8, 4) is 11.1 Å². The molecule has 2 aromatic rings. The highest BCUT2D eigenvalue weighted by atomic mass is 35.5. The average Bonchev–Trinajstić information content (AvgIpc) is 2.22. The molecule has 2 aromatic carbocycles. The molecule has 0 unspecified atom stereocenters. The Balaban J connectivity index is 2.58.